The van der Waals surface area contributed by atoms with Crippen molar-refractivity contribution in [3.05, 3.63) is 53.7 Å². The Balaban J connectivity index is 2.24. The van der Waals surface area contributed by atoms with Crippen LogP contribution in [0.5, 0.6) is 0 Å². The Kier molecular flexibility index (Phi) is 3.55. The topological polar surface area (TPSA) is 57.0 Å². The van der Waals surface area contributed by atoms with Crippen LogP contribution in [0, 0.1) is 6.92 Å². The summed E-state index contributed by atoms with van der Waals surface area (Å²) in [6.45, 7) is 6.08. The highest BCUT2D eigenvalue weighted by molar-refractivity contribution is 5.76. The Morgan fingerprint density at radius 1 is 1.24 bits per heavy atom. The molecule has 110 valence electrons. The second kappa shape index (κ2) is 5.37. The minimum atomic E-state index is -0.0709. The summed E-state index contributed by atoms with van der Waals surface area (Å²) < 4.78 is 8.07. The Labute approximate surface area is 124 Å². The average molecular weight is 283 g/mol. The predicted octanol–water partition coefficient (Wildman–Crippen LogP) is 3.44. The predicted molar refractivity (Wildman–Crippen MR) is 84.3 cm³/mol. The SMILES string of the molecule is CCc1nc2ccccc2n1C(c1ccc(C)o1)C(C)N. The summed E-state index contributed by atoms with van der Waals surface area (Å²) in [7, 11) is 0. The lowest BCUT2D eigenvalue weighted by Crippen LogP contribution is -2.31. The third-order valence-electron chi connectivity index (χ3n) is 3.81. The van der Waals surface area contributed by atoms with Gasteiger partial charge in [-0.3, -0.25) is 0 Å². The van der Waals surface area contributed by atoms with Gasteiger partial charge in [0, 0.05) is 12.5 Å². The Hall–Kier alpha value is -2.07. The van der Waals surface area contributed by atoms with E-state index in [-0.39, 0.29) is 12.1 Å². The number of aromatic nitrogens is 2. The first-order chi connectivity index (χ1) is 10.1. The molecule has 0 aliphatic heterocycles. The summed E-state index contributed by atoms with van der Waals surface area (Å²) >= 11 is 0. The van der Waals surface area contributed by atoms with Crippen LogP contribution in [0.4, 0.5) is 0 Å². The van der Waals surface area contributed by atoms with E-state index in [9.17, 15) is 0 Å². The number of furan rings is 1. The maximum atomic E-state index is 6.28. The number of nitrogens with two attached hydrogens (primary N) is 1. The lowest BCUT2D eigenvalue weighted by Gasteiger charge is -2.23. The summed E-state index contributed by atoms with van der Waals surface area (Å²) in [5.41, 5.74) is 8.38. The maximum Gasteiger partial charge on any atom is 0.128 e. The standard InChI is InChI=1S/C17H21N3O/c1-4-16-19-13-7-5-6-8-14(13)20(16)17(12(3)18)15-10-9-11(2)21-15/h5-10,12,17H,4,18H2,1-3H3. The van der Waals surface area contributed by atoms with Gasteiger partial charge >= 0.3 is 0 Å². The van der Waals surface area contributed by atoms with Crippen LogP contribution in [-0.4, -0.2) is 15.6 Å². The number of nitrogens with zero attached hydrogens (tertiary/aromatic N) is 2. The second-order valence-corrected chi connectivity index (χ2v) is 5.49. The molecule has 0 saturated carbocycles. The molecule has 3 aromatic rings. The maximum absolute atomic E-state index is 6.28. The second-order valence-electron chi connectivity index (χ2n) is 5.49. The van der Waals surface area contributed by atoms with Crippen LogP contribution in [0.15, 0.2) is 40.8 Å². The molecule has 2 N–H and O–H groups in total. The lowest BCUT2D eigenvalue weighted by molar-refractivity contribution is 0.380. The van der Waals surface area contributed by atoms with Gasteiger partial charge in [0.05, 0.1) is 11.0 Å². The molecule has 4 heteroatoms. The van der Waals surface area contributed by atoms with Gasteiger partial charge in [-0.1, -0.05) is 19.1 Å². The van der Waals surface area contributed by atoms with Gasteiger partial charge in [-0.25, -0.2) is 4.98 Å². The molecule has 1 aromatic carbocycles. The van der Waals surface area contributed by atoms with Crippen LogP contribution in [0.3, 0.4) is 0 Å². The average Bonchev–Trinajstić information content (AvgIpc) is 3.04. The Bertz CT molecular complexity index is 754. The van der Waals surface area contributed by atoms with Gasteiger partial charge < -0.3 is 14.7 Å². The number of aryl methyl sites for hydroxylation is 2. The fourth-order valence-electron chi connectivity index (χ4n) is 2.89. The molecule has 0 spiro atoms. The number of hydrogen-bond donors (Lipinski definition) is 1. The smallest absolute Gasteiger partial charge is 0.128 e. The van der Waals surface area contributed by atoms with Crippen molar-refractivity contribution in [2.24, 2.45) is 5.73 Å². The molecule has 0 fully saturated rings. The normalized spacial score (nSPS) is 14.5. The summed E-state index contributed by atoms with van der Waals surface area (Å²) in [6.07, 6.45) is 0.859. The fraction of sp³-hybridized carbons (Fsp3) is 0.353. The number of benzene rings is 1. The molecule has 2 heterocycles. The zero-order valence-corrected chi connectivity index (χ0v) is 12.7. The van der Waals surface area contributed by atoms with Gasteiger partial charge in [-0.15, -0.1) is 0 Å². The summed E-state index contributed by atoms with van der Waals surface area (Å²) in [5, 5.41) is 0. The van der Waals surface area contributed by atoms with E-state index >= 15 is 0 Å². The number of imidazole rings is 1. The van der Waals surface area contributed by atoms with Crippen molar-refractivity contribution in [3.63, 3.8) is 0 Å². The number of rotatable bonds is 4. The third-order valence-corrected chi connectivity index (χ3v) is 3.81. The summed E-state index contributed by atoms with van der Waals surface area (Å²) in [5.74, 6) is 2.83. The molecule has 2 aromatic heterocycles. The minimum absolute atomic E-state index is 0.0407. The van der Waals surface area contributed by atoms with Crippen LogP contribution in [0.25, 0.3) is 11.0 Å². The molecule has 2 atom stereocenters. The molecule has 0 bridgehead atoms. The van der Waals surface area contributed by atoms with Gasteiger partial charge in [0.1, 0.15) is 23.4 Å². The van der Waals surface area contributed by atoms with Crippen LogP contribution in [-0.2, 0) is 6.42 Å². The molecule has 0 aliphatic rings. The molecule has 0 radical (unpaired) electrons. The number of fused-ring (bicyclic) bond motifs is 1. The van der Waals surface area contributed by atoms with Crippen molar-refractivity contribution in [2.45, 2.75) is 39.3 Å². The van der Waals surface area contributed by atoms with E-state index in [1.54, 1.807) is 0 Å². The monoisotopic (exact) mass is 283 g/mol. The van der Waals surface area contributed by atoms with Gasteiger partial charge in [-0.2, -0.15) is 0 Å². The van der Waals surface area contributed by atoms with E-state index in [2.05, 4.69) is 17.6 Å². The van der Waals surface area contributed by atoms with Gasteiger partial charge in [0.2, 0.25) is 0 Å². The summed E-state index contributed by atoms with van der Waals surface area (Å²) in [4.78, 5) is 4.73. The largest absolute Gasteiger partial charge is 0.464 e. The number of hydrogen-bond acceptors (Lipinski definition) is 3. The quantitative estimate of drug-likeness (QED) is 0.798. The van der Waals surface area contributed by atoms with Crippen molar-refractivity contribution in [2.75, 3.05) is 0 Å². The Morgan fingerprint density at radius 2 is 2.00 bits per heavy atom. The van der Waals surface area contributed by atoms with Crippen molar-refractivity contribution in [3.8, 4) is 0 Å². The van der Waals surface area contributed by atoms with E-state index in [1.807, 2.05) is 44.2 Å². The van der Waals surface area contributed by atoms with Crippen molar-refractivity contribution < 1.29 is 4.42 Å². The fourth-order valence-corrected chi connectivity index (χ4v) is 2.89. The number of para-hydroxylation sites is 2. The first kappa shape index (κ1) is 13.9. The summed E-state index contributed by atoms with van der Waals surface area (Å²) in [6, 6.07) is 12.1. The van der Waals surface area contributed by atoms with E-state index in [0.717, 1.165) is 34.8 Å². The Morgan fingerprint density at radius 3 is 2.62 bits per heavy atom. The van der Waals surface area contributed by atoms with Crippen molar-refractivity contribution >= 4 is 11.0 Å². The zero-order chi connectivity index (χ0) is 15.0. The molecular formula is C17H21N3O. The molecule has 2 unspecified atom stereocenters. The van der Waals surface area contributed by atoms with Crippen LogP contribution < -0.4 is 5.73 Å². The third kappa shape index (κ3) is 2.36. The molecular weight excluding hydrogens is 262 g/mol. The van der Waals surface area contributed by atoms with Crippen LogP contribution in [0.1, 0.15) is 37.2 Å². The minimum Gasteiger partial charge on any atom is -0.464 e. The van der Waals surface area contributed by atoms with E-state index in [1.165, 1.54) is 0 Å². The van der Waals surface area contributed by atoms with E-state index in [4.69, 9.17) is 15.1 Å². The zero-order valence-electron chi connectivity index (χ0n) is 12.7. The lowest BCUT2D eigenvalue weighted by atomic mass is 10.1. The molecule has 4 nitrogen and oxygen atoms in total. The van der Waals surface area contributed by atoms with Gasteiger partial charge in [-0.05, 0) is 38.1 Å². The van der Waals surface area contributed by atoms with Crippen molar-refractivity contribution in [1.29, 1.82) is 0 Å². The van der Waals surface area contributed by atoms with Crippen LogP contribution in [0.2, 0.25) is 0 Å². The molecule has 3 rings (SSSR count). The highest BCUT2D eigenvalue weighted by Gasteiger charge is 2.25. The molecule has 0 amide bonds. The first-order valence-electron chi connectivity index (χ1n) is 7.39. The van der Waals surface area contributed by atoms with Gasteiger partial charge in [0.15, 0.2) is 0 Å². The first-order valence-corrected chi connectivity index (χ1v) is 7.39. The van der Waals surface area contributed by atoms with Crippen LogP contribution >= 0.6 is 0 Å². The molecule has 0 saturated heterocycles. The van der Waals surface area contributed by atoms with Gasteiger partial charge in [0.25, 0.3) is 0 Å². The highest BCUT2D eigenvalue weighted by Crippen LogP contribution is 2.29. The highest BCUT2D eigenvalue weighted by atomic mass is 16.3. The molecule has 0 aliphatic carbocycles. The molecule has 21 heavy (non-hydrogen) atoms. The van der Waals surface area contributed by atoms with E-state index < -0.39 is 0 Å². The van der Waals surface area contributed by atoms with Crippen molar-refractivity contribution in [1.82, 2.24) is 9.55 Å². The van der Waals surface area contributed by atoms with E-state index in [0.29, 0.717) is 0 Å².